The van der Waals surface area contributed by atoms with Gasteiger partial charge in [-0.1, -0.05) is 32.0 Å². The van der Waals surface area contributed by atoms with E-state index in [9.17, 15) is 5.11 Å². The Balaban J connectivity index is 2.09. The number of nitrogens with zero attached hydrogens (tertiary/aromatic N) is 1. The van der Waals surface area contributed by atoms with Crippen molar-refractivity contribution in [2.24, 2.45) is 5.92 Å². The molecule has 0 radical (unpaired) electrons. The van der Waals surface area contributed by atoms with Gasteiger partial charge in [-0.3, -0.25) is 0 Å². The maximum Gasteiger partial charge on any atom is 0.0558 e. The summed E-state index contributed by atoms with van der Waals surface area (Å²) in [6, 6.07) is 8.48. The van der Waals surface area contributed by atoms with Crippen LogP contribution in [-0.2, 0) is 6.42 Å². The molecule has 0 unspecified atom stereocenters. The average Bonchev–Trinajstić information content (AvgIpc) is 2.71. The molecule has 2 aromatic rings. The summed E-state index contributed by atoms with van der Waals surface area (Å²) >= 11 is 0. The van der Waals surface area contributed by atoms with E-state index < -0.39 is 0 Å². The normalized spacial score (nSPS) is 11.9. The molecular weight excluding hydrogens is 248 g/mol. The first kappa shape index (κ1) is 15.1. The van der Waals surface area contributed by atoms with E-state index in [-0.39, 0.29) is 6.61 Å². The lowest BCUT2D eigenvalue weighted by atomic mass is 10.1. The number of benzene rings is 1. The molecule has 0 atom stereocenters. The highest BCUT2D eigenvalue weighted by Crippen LogP contribution is 2.22. The van der Waals surface area contributed by atoms with Crippen molar-refractivity contribution in [1.82, 2.24) is 9.88 Å². The molecule has 0 saturated carbocycles. The molecule has 0 aliphatic heterocycles. The van der Waals surface area contributed by atoms with Gasteiger partial charge in [-0.05, 0) is 30.9 Å². The summed E-state index contributed by atoms with van der Waals surface area (Å²) in [6.45, 7) is 9.64. The van der Waals surface area contributed by atoms with Crippen molar-refractivity contribution < 1.29 is 5.11 Å². The molecule has 110 valence electrons. The van der Waals surface area contributed by atoms with Gasteiger partial charge in [0.2, 0.25) is 0 Å². The minimum Gasteiger partial charge on any atom is -0.395 e. The molecule has 3 heteroatoms. The van der Waals surface area contributed by atoms with Crippen LogP contribution in [-0.4, -0.2) is 41.2 Å². The Labute approximate surface area is 121 Å². The van der Waals surface area contributed by atoms with Crippen molar-refractivity contribution in [3.8, 4) is 0 Å². The van der Waals surface area contributed by atoms with Crippen LogP contribution in [0.1, 0.15) is 25.1 Å². The van der Waals surface area contributed by atoms with Crippen molar-refractivity contribution >= 4 is 10.9 Å². The molecule has 2 N–H and O–H groups in total. The number of hydrogen-bond donors (Lipinski definition) is 2. The van der Waals surface area contributed by atoms with E-state index in [1.807, 2.05) is 0 Å². The third kappa shape index (κ3) is 3.62. The predicted octanol–water partition coefficient (Wildman–Crippen LogP) is 2.97. The Morgan fingerprint density at radius 3 is 2.65 bits per heavy atom. The average molecular weight is 274 g/mol. The molecule has 0 aliphatic carbocycles. The zero-order chi connectivity index (χ0) is 14.5. The Morgan fingerprint density at radius 2 is 1.95 bits per heavy atom. The number of para-hydroxylation sites is 1. The number of aromatic amines is 1. The number of hydrogen-bond acceptors (Lipinski definition) is 2. The van der Waals surface area contributed by atoms with Gasteiger partial charge in [-0.2, -0.15) is 0 Å². The number of aliphatic hydroxyl groups excluding tert-OH is 1. The molecule has 1 heterocycles. The molecule has 0 saturated heterocycles. The number of fused-ring (bicyclic) bond motifs is 1. The Kier molecular flexibility index (Phi) is 5.21. The maximum absolute atomic E-state index is 9.19. The van der Waals surface area contributed by atoms with Gasteiger partial charge in [0, 0.05) is 36.2 Å². The van der Waals surface area contributed by atoms with Crippen LogP contribution in [0.3, 0.4) is 0 Å². The molecule has 2 rings (SSSR count). The Bertz CT molecular complexity index is 545. The minimum atomic E-state index is 0.236. The van der Waals surface area contributed by atoms with Crippen molar-refractivity contribution in [1.29, 1.82) is 0 Å². The van der Waals surface area contributed by atoms with Crippen LogP contribution in [0.5, 0.6) is 0 Å². The van der Waals surface area contributed by atoms with Gasteiger partial charge in [0.1, 0.15) is 0 Å². The molecule has 0 aliphatic rings. The van der Waals surface area contributed by atoms with Crippen LogP contribution < -0.4 is 0 Å². The van der Waals surface area contributed by atoms with E-state index in [1.54, 1.807) is 0 Å². The van der Waals surface area contributed by atoms with E-state index >= 15 is 0 Å². The Hall–Kier alpha value is -1.32. The fourth-order valence-corrected chi connectivity index (χ4v) is 2.88. The topological polar surface area (TPSA) is 39.3 Å². The second-order valence-electron chi connectivity index (χ2n) is 5.94. The molecule has 1 aromatic carbocycles. The molecular formula is C17H26N2O. The molecule has 1 aromatic heterocycles. The number of aromatic nitrogens is 1. The first-order valence-corrected chi connectivity index (χ1v) is 7.51. The summed E-state index contributed by atoms with van der Waals surface area (Å²) in [5, 5.41) is 10.5. The fraction of sp³-hybridized carbons (Fsp3) is 0.529. The smallest absolute Gasteiger partial charge is 0.0558 e. The highest BCUT2D eigenvalue weighted by Gasteiger charge is 2.11. The lowest BCUT2D eigenvalue weighted by molar-refractivity contribution is 0.183. The summed E-state index contributed by atoms with van der Waals surface area (Å²) in [7, 11) is 0. The first-order chi connectivity index (χ1) is 9.61. The van der Waals surface area contributed by atoms with Crippen molar-refractivity contribution in [2.45, 2.75) is 27.2 Å². The van der Waals surface area contributed by atoms with Gasteiger partial charge in [0.15, 0.2) is 0 Å². The minimum absolute atomic E-state index is 0.236. The van der Waals surface area contributed by atoms with Crippen LogP contribution in [0.25, 0.3) is 10.9 Å². The highest BCUT2D eigenvalue weighted by atomic mass is 16.3. The molecule has 20 heavy (non-hydrogen) atoms. The van der Waals surface area contributed by atoms with Crippen LogP contribution >= 0.6 is 0 Å². The largest absolute Gasteiger partial charge is 0.395 e. The van der Waals surface area contributed by atoms with E-state index in [1.165, 1.54) is 22.2 Å². The SMILES string of the molecule is Cc1[nH]c2ccccc2c1CCN(CCO)CC(C)C. The third-order valence-corrected chi connectivity index (χ3v) is 3.74. The summed E-state index contributed by atoms with van der Waals surface area (Å²) in [5.74, 6) is 0.630. The van der Waals surface area contributed by atoms with Crippen molar-refractivity contribution in [2.75, 3.05) is 26.2 Å². The second kappa shape index (κ2) is 6.91. The number of aryl methyl sites for hydroxylation is 1. The van der Waals surface area contributed by atoms with Gasteiger partial charge < -0.3 is 15.0 Å². The van der Waals surface area contributed by atoms with E-state index in [4.69, 9.17) is 0 Å². The van der Waals surface area contributed by atoms with Gasteiger partial charge in [-0.25, -0.2) is 0 Å². The Morgan fingerprint density at radius 1 is 1.20 bits per heavy atom. The van der Waals surface area contributed by atoms with Gasteiger partial charge in [-0.15, -0.1) is 0 Å². The summed E-state index contributed by atoms with van der Waals surface area (Å²) < 4.78 is 0. The summed E-state index contributed by atoms with van der Waals surface area (Å²) in [6.07, 6.45) is 1.03. The molecule has 0 spiro atoms. The summed E-state index contributed by atoms with van der Waals surface area (Å²) in [5.41, 5.74) is 3.89. The van der Waals surface area contributed by atoms with Gasteiger partial charge in [0.05, 0.1) is 6.61 Å². The molecule has 0 amide bonds. The van der Waals surface area contributed by atoms with Crippen molar-refractivity contribution in [3.05, 3.63) is 35.5 Å². The van der Waals surface area contributed by atoms with Crippen LogP contribution in [0, 0.1) is 12.8 Å². The number of aliphatic hydroxyl groups is 1. The molecule has 3 nitrogen and oxygen atoms in total. The standard InChI is InChI=1S/C17H26N2O/c1-13(2)12-19(10-11-20)9-8-15-14(3)18-17-7-5-4-6-16(15)17/h4-7,13,18,20H,8-12H2,1-3H3. The maximum atomic E-state index is 9.19. The monoisotopic (exact) mass is 274 g/mol. The van der Waals surface area contributed by atoms with Crippen LogP contribution in [0.2, 0.25) is 0 Å². The zero-order valence-electron chi connectivity index (χ0n) is 12.8. The highest BCUT2D eigenvalue weighted by molar-refractivity contribution is 5.84. The molecule has 0 fully saturated rings. The zero-order valence-corrected chi connectivity index (χ0v) is 12.8. The van der Waals surface area contributed by atoms with Gasteiger partial charge >= 0.3 is 0 Å². The van der Waals surface area contributed by atoms with Crippen LogP contribution in [0.4, 0.5) is 0 Å². The van der Waals surface area contributed by atoms with E-state index in [2.05, 4.69) is 54.9 Å². The van der Waals surface area contributed by atoms with Crippen molar-refractivity contribution in [3.63, 3.8) is 0 Å². The van der Waals surface area contributed by atoms with Crippen LogP contribution in [0.15, 0.2) is 24.3 Å². The summed E-state index contributed by atoms with van der Waals surface area (Å²) in [4.78, 5) is 5.81. The lowest BCUT2D eigenvalue weighted by Crippen LogP contribution is -2.32. The number of nitrogens with one attached hydrogen (secondary N) is 1. The van der Waals surface area contributed by atoms with E-state index in [0.717, 1.165) is 26.1 Å². The van der Waals surface area contributed by atoms with E-state index in [0.29, 0.717) is 5.92 Å². The van der Waals surface area contributed by atoms with Gasteiger partial charge in [0.25, 0.3) is 0 Å². The fourth-order valence-electron chi connectivity index (χ4n) is 2.88. The third-order valence-electron chi connectivity index (χ3n) is 3.74. The second-order valence-corrected chi connectivity index (χ2v) is 5.94. The first-order valence-electron chi connectivity index (χ1n) is 7.51. The molecule has 0 bridgehead atoms. The predicted molar refractivity (Wildman–Crippen MR) is 85.1 cm³/mol. The number of rotatable bonds is 7. The lowest BCUT2D eigenvalue weighted by Gasteiger charge is -2.23. The number of H-pyrrole nitrogens is 1. The quantitative estimate of drug-likeness (QED) is 0.815.